The zero-order chi connectivity index (χ0) is 15.2. The van der Waals surface area contributed by atoms with Crippen molar-refractivity contribution in [3.63, 3.8) is 0 Å². The van der Waals surface area contributed by atoms with E-state index in [1.807, 2.05) is 18.2 Å². The Morgan fingerprint density at radius 1 is 1.05 bits per heavy atom. The number of nitrogens with two attached hydrogens (primary N) is 1. The molecule has 21 heavy (non-hydrogen) atoms. The van der Waals surface area contributed by atoms with Crippen molar-refractivity contribution in [2.24, 2.45) is 5.73 Å². The number of urea groups is 1. The highest BCUT2D eigenvalue weighted by Gasteiger charge is 2.12. The standard InChI is InChI=1S/C15H14Cl2N2O2/c16-13-5-1-3-11(7-13)9-19(15(18)20)21-10-12-4-2-6-14(17)8-12/h1-8H,9-10H2,(H2,18,20). The van der Waals surface area contributed by atoms with E-state index in [9.17, 15) is 4.79 Å². The highest BCUT2D eigenvalue weighted by atomic mass is 35.5. The van der Waals surface area contributed by atoms with Gasteiger partial charge in [-0.05, 0) is 35.4 Å². The van der Waals surface area contributed by atoms with E-state index in [1.165, 1.54) is 0 Å². The lowest BCUT2D eigenvalue weighted by Crippen LogP contribution is -2.35. The summed E-state index contributed by atoms with van der Waals surface area (Å²) in [4.78, 5) is 16.9. The Bertz CT molecular complexity index is 635. The molecule has 0 bridgehead atoms. The summed E-state index contributed by atoms with van der Waals surface area (Å²) >= 11 is 11.8. The molecule has 0 spiro atoms. The molecule has 2 rings (SSSR count). The van der Waals surface area contributed by atoms with E-state index in [0.717, 1.165) is 16.2 Å². The van der Waals surface area contributed by atoms with Gasteiger partial charge in [-0.1, -0.05) is 47.5 Å². The average molecular weight is 325 g/mol. The number of amides is 2. The maximum Gasteiger partial charge on any atom is 0.339 e. The lowest BCUT2D eigenvalue weighted by Gasteiger charge is -2.20. The molecule has 0 aliphatic heterocycles. The van der Waals surface area contributed by atoms with Gasteiger partial charge >= 0.3 is 6.03 Å². The van der Waals surface area contributed by atoms with Crippen molar-refractivity contribution in [2.75, 3.05) is 0 Å². The molecule has 0 aromatic heterocycles. The molecule has 2 amide bonds. The van der Waals surface area contributed by atoms with Gasteiger partial charge in [-0.2, -0.15) is 5.06 Å². The molecule has 6 heteroatoms. The smallest absolute Gasteiger partial charge is 0.339 e. The van der Waals surface area contributed by atoms with Gasteiger partial charge in [0.15, 0.2) is 0 Å². The third kappa shape index (κ3) is 4.93. The molecular weight excluding hydrogens is 311 g/mol. The number of benzene rings is 2. The van der Waals surface area contributed by atoms with Crippen LogP contribution in [0.1, 0.15) is 11.1 Å². The fourth-order valence-corrected chi connectivity index (χ4v) is 2.19. The highest BCUT2D eigenvalue weighted by Crippen LogP contribution is 2.15. The Morgan fingerprint density at radius 2 is 1.62 bits per heavy atom. The van der Waals surface area contributed by atoms with Gasteiger partial charge < -0.3 is 5.73 Å². The SMILES string of the molecule is NC(=O)N(Cc1cccc(Cl)c1)OCc1cccc(Cl)c1. The van der Waals surface area contributed by atoms with Crippen LogP contribution in [0.3, 0.4) is 0 Å². The van der Waals surface area contributed by atoms with E-state index in [-0.39, 0.29) is 13.2 Å². The Labute approximate surface area is 133 Å². The minimum absolute atomic E-state index is 0.198. The third-order valence-electron chi connectivity index (χ3n) is 2.74. The number of rotatable bonds is 5. The maximum atomic E-state index is 11.4. The summed E-state index contributed by atoms with van der Waals surface area (Å²) < 4.78 is 0. The lowest BCUT2D eigenvalue weighted by atomic mass is 10.2. The maximum absolute atomic E-state index is 11.4. The van der Waals surface area contributed by atoms with Gasteiger partial charge in [0.05, 0.1) is 6.54 Å². The summed E-state index contributed by atoms with van der Waals surface area (Å²) in [7, 11) is 0. The highest BCUT2D eigenvalue weighted by molar-refractivity contribution is 6.30. The van der Waals surface area contributed by atoms with Crippen LogP contribution in [-0.2, 0) is 18.0 Å². The molecule has 4 nitrogen and oxygen atoms in total. The van der Waals surface area contributed by atoms with Crippen LogP contribution in [0.2, 0.25) is 10.0 Å². The number of carbonyl (C=O) groups is 1. The van der Waals surface area contributed by atoms with Gasteiger partial charge in [-0.25, -0.2) is 4.79 Å². The van der Waals surface area contributed by atoms with Crippen molar-refractivity contribution >= 4 is 29.2 Å². The zero-order valence-electron chi connectivity index (χ0n) is 11.1. The second-order valence-electron chi connectivity index (χ2n) is 4.41. The van der Waals surface area contributed by atoms with Crippen molar-refractivity contribution in [1.29, 1.82) is 0 Å². The molecule has 0 unspecified atom stereocenters. The first kappa shape index (κ1) is 15.6. The minimum Gasteiger partial charge on any atom is -0.350 e. The Morgan fingerprint density at radius 3 is 2.19 bits per heavy atom. The number of primary amides is 1. The van der Waals surface area contributed by atoms with Crippen LogP contribution in [0.15, 0.2) is 48.5 Å². The predicted octanol–water partition coefficient (Wildman–Crippen LogP) is 4.01. The zero-order valence-corrected chi connectivity index (χ0v) is 12.6. The van der Waals surface area contributed by atoms with E-state index >= 15 is 0 Å². The minimum atomic E-state index is -0.669. The Kier molecular flexibility index (Phi) is 5.44. The Balaban J connectivity index is 2.01. The molecule has 0 aliphatic carbocycles. The van der Waals surface area contributed by atoms with Gasteiger partial charge in [0, 0.05) is 10.0 Å². The monoisotopic (exact) mass is 324 g/mol. The van der Waals surface area contributed by atoms with E-state index in [4.69, 9.17) is 33.8 Å². The van der Waals surface area contributed by atoms with E-state index in [2.05, 4.69) is 0 Å². The fourth-order valence-electron chi connectivity index (χ4n) is 1.77. The van der Waals surface area contributed by atoms with Crippen LogP contribution in [0.4, 0.5) is 4.79 Å². The van der Waals surface area contributed by atoms with Crippen molar-refractivity contribution in [3.05, 3.63) is 69.7 Å². The van der Waals surface area contributed by atoms with Gasteiger partial charge in [0.2, 0.25) is 0 Å². The first-order valence-electron chi connectivity index (χ1n) is 6.23. The van der Waals surface area contributed by atoms with Crippen molar-refractivity contribution in [1.82, 2.24) is 5.06 Å². The molecule has 0 saturated heterocycles. The third-order valence-corrected chi connectivity index (χ3v) is 3.21. The molecule has 0 aliphatic rings. The molecule has 2 aromatic rings. The molecule has 0 radical (unpaired) electrons. The number of nitrogens with zero attached hydrogens (tertiary/aromatic N) is 1. The molecule has 2 aromatic carbocycles. The second kappa shape index (κ2) is 7.31. The average Bonchev–Trinajstić information content (AvgIpc) is 2.43. The van der Waals surface area contributed by atoms with Crippen LogP contribution >= 0.6 is 23.2 Å². The summed E-state index contributed by atoms with van der Waals surface area (Å²) in [5.41, 5.74) is 6.99. The molecule has 0 atom stereocenters. The summed E-state index contributed by atoms with van der Waals surface area (Å²) in [5, 5.41) is 2.29. The molecule has 110 valence electrons. The van der Waals surface area contributed by atoms with E-state index < -0.39 is 6.03 Å². The van der Waals surface area contributed by atoms with Crippen LogP contribution < -0.4 is 5.73 Å². The van der Waals surface area contributed by atoms with Gasteiger partial charge in [-0.3, -0.25) is 4.84 Å². The molecule has 0 heterocycles. The van der Waals surface area contributed by atoms with Crippen LogP contribution in [-0.4, -0.2) is 11.1 Å². The quantitative estimate of drug-likeness (QED) is 0.845. The van der Waals surface area contributed by atoms with E-state index in [0.29, 0.717) is 10.0 Å². The van der Waals surface area contributed by atoms with Gasteiger partial charge in [0.1, 0.15) is 6.61 Å². The van der Waals surface area contributed by atoms with Crippen molar-refractivity contribution in [2.45, 2.75) is 13.2 Å². The fraction of sp³-hybridized carbons (Fsp3) is 0.133. The molecule has 2 N–H and O–H groups in total. The number of carbonyl (C=O) groups excluding carboxylic acids is 1. The van der Waals surface area contributed by atoms with Crippen molar-refractivity contribution < 1.29 is 9.63 Å². The topological polar surface area (TPSA) is 55.6 Å². The first-order valence-corrected chi connectivity index (χ1v) is 6.99. The normalized spacial score (nSPS) is 10.4. The summed E-state index contributed by atoms with van der Waals surface area (Å²) in [6, 6.07) is 13.7. The van der Waals surface area contributed by atoms with Crippen LogP contribution in [0, 0.1) is 0 Å². The Hall–Kier alpha value is -1.75. The molecule has 0 fully saturated rings. The lowest BCUT2D eigenvalue weighted by molar-refractivity contribution is -0.132. The first-order chi connectivity index (χ1) is 10.0. The molecule has 0 saturated carbocycles. The van der Waals surface area contributed by atoms with Crippen molar-refractivity contribution in [3.8, 4) is 0 Å². The van der Waals surface area contributed by atoms with E-state index in [1.54, 1.807) is 30.3 Å². The summed E-state index contributed by atoms with van der Waals surface area (Å²) in [6.45, 7) is 0.417. The second-order valence-corrected chi connectivity index (χ2v) is 5.28. The van der Waals surface area contributed by atoms with Gasteiger partial charge in [0.25, 0.3) is 0 Å². The summed E-state index contributed by atoms with van der Waals surface area (Å²) in [5.74, 6) is 0. The largest absolute Gasteiger partial charge is 0.350 e. The number of hydroxylamine groups is 2. The number of hydrogen-bond acceptors (Lipinski definition) is 2. The summed E-state index contributed by atoms with van der Waals surface area (Å²) in [6.07, 6.45) is 0. The molecular formula is C15H14Cl2N2O2. The number of hydrogen-bond donors (Lipinski definition) is 1. The predicted molar refractivity (Wildman–Crippen MR) is 82.8 cm³/mol. The number of halogens is 2. The van der Waals surface area contributed by atoms with Crippen LogP contribution in [0.5, 0.6) is 0 Å². The van der Waals surface area contributed by atoms with Crippen LogP contribution in [0.25, 0.3) is 0 Å². The van der Waals surface area contributed by atoms with Gasteiger partial charge in [-0.15, -0.1) is 0 Å².